The first-order chi connectivity index (χ1) is 14.6. The maximum absolute atomic E-state index is 5.98. The summed E-state index contributed by atoms with van der Waals surface area (Å²) in [4.78, 5) is 11.7. The third-order valence-corrected chi connectivity index (χ3v) is 5.65. The Kier molecular flexibility index (Phi) is 5.07. The van der Waals surface area contributed by atoms with Gasteiger partial charge in [0.15, 0.2) is 11.6 Å². The lowest BCUT2D eigenvalue weighted by molar-refractivity contribution is 0.235. The summed E-state index contributed by atoms with van der Waals surface area (Å²) in [6.07, 6.45) is 2.83. The number of hydrogen-bond acceptors (Lipinski definition) is 5. The van der Waals surface area contributed by atoms with Gasteiger partial charge in [0.1, 0.15) is 0 Å². The summed E-state index contributed by atoms with van der Waals surface area (Å²) in [6.45, 7) is 4.55. The highest BCUT2D eigenvalue weighted by atomic mass is 35.5. The second-order valence-electron chi connectivity index (χ2n) is 7.68. The molecule has 0 aliphatic carbocycles. The van der Waals surface area contributed by atoms with E-state index in [9.17, 15) is 0 Å². The molecule has 0 atom stereocenters. The molecule has 1 aliphatic heterocycles. The average molecular weight is 417 g/mol. The standard InChI is InChI=1S/C24H21ClN4O/c1-16-2-4-17(5-3-16)23-12-21(28-30-23)15-29-11-10-22-19(14-29)13-26-24(27-22)18-6-8-20(25)9-7-18/h2-9,12-13H,10-11,14-15H2,1H3. The van der Waals surface area contributed by atoms with E-state index in [0.717, 1.165) is 60.2 Å². The van der Waals surface area contributed by atoms with E-state index in [1.54, 1.807) is 0 Å². The fraction of sp³-hybridized carbons (Fsp3) is 0.208. The van der Waals surface area contributed by atoms with Crippen molar-refractivity contribution in [1.82, 2.24) is 20.0 Å². The lowest BCUT2D eigenvalue weighted by Gasteiger charge is -2.27. The summed E-state index contributed by atoms with van der Waals surface area (Å²) in [6, 6.07) is 18.0. The molecule has 150 valence electrons. The Morgan fingerprint density at radius 1 is 1.03 bits per heavy atom. The van der Waals surface area contributed by atoms with Gasteiger partial charge in [-0.3, -0.25) is 4.90 Å². The topological polar surface area (TPSA) is 55.1 Å². The van der Waals surface area contributed by atoms with Gasteiger partial charge in [-0.25, -0.2) is 9.97 Å². The minimum absolute atomic E-state index is 0.714. The zero-order valence-corrected chi connectivity index (χ0v) is 17.4. The molecule has 5 nitrogen and oxygen atoms in total. The molecule has 6 heteroatoms. The smallest absolute Gasteiger partial charge is 0.167 e. The fourth-order valence-corrected chi connectivity index (χ4v) is 3.84. The first kappa shape index (κ1) is 19.0. The molecule has 5 rings (SSSR count). The van der Waals surface area contributed by atoms with Gasteiger partial charge in [0.2, 0.25) is 0 Å². The van der Waals surface area contributed by atoms with E-state index >= 15 is 0 Å². The van der Waals surface area contributed by atoms with Crippen LogP contribution in [0.15, 0.2) is 65.3 Å². The highest BCUT2D eigenvalue weighted by Gasteiger charge is 2.20. The van der Waals surface area contributed by atoms with Crippen LogP contribution in [-0.4, -0.2) is 26.6 Å². The van der Waals surface area contributed by atoms with Gasteiger partial charge in [-0.1, -0.05) is 46.6 Å². The molecule has 0 unspecified atom stereocenters. The second kappa shape index (κ2) is 8.01. The van der Waals surface area contributed by atoms with E-state index in [2.05, 4.69) is 46.2 Å². The SMILES string of the molecule is Cc1ccc(-c2cc(CN3CCc4nc(-c5ccc(Cl)cc5)ncc4C3)no2)cc1. The Bertz CT molecular complexity index is 1170. The molecule has 0 spiro atoms. The first-order valence-corrected chi connectivity index (χ1v) is 10.4. The van der Waals surface area contributed by atoms with Gasteiger partial charge in [0.25, 0.3) is 0 Å². The normalized spacial score (nSPS) is 13.9. The molecule has 0 bridgehead atoms. The Hall–Kier alpha value is -3.02. The Morgan fingerprint density at radius 3 is 2.60 bits per heavy atom. The number of hydrogen-bond donors (Lipinski definition) is 0. The quantitative estimate of drug-likeness (QED) is 0.450. The van der Waals surface area contributed by atoms with Crippen LogP contribution in [0.4, 0.5) is 0 Å². The molecular formula is C24H21ClN4O. The predicted octanol–water partition coefficient (Wildman–Crippen LogP) is 5.32. The Labute approximate surface area is 180 Å². The molecular weight excluding hydrogens is 396 g/mol. The number of rotatable bonds is 4. The molecule has 0 amide bonds. The van der Waals surface area contributed by atoms with Gasteiger partial charge in [0.05, 0.1) is 11.4 Å². The molecule has 30 heavy (non-hydrogen) atoms. The molecule has 1 aliphatic rings. The van der Waals surface area contributed by atoms with Crippen LogP contribution in [-0.2, 0) is 19.5 Å². The number of aromatic nitrogens is 3. The predicted molar refractivity (Wildman–Crippen MR) is 117 cm³/mol. The summed E-state index contributed by atoms with van der Waals surface area (Å²) in [5, 5.41) is 4.98. The molecule has 0 saturated carbocycles. The molecule has 0 fully saturated rings. The van der Waals surface area contributed by atoms with Crippen molar-refractivity contribution < 1.29 is 4.52 Å². The first-order valence-electron chi connectivity index (χ1n) is 10.00. The van der Waals surface area contributed by atoms with Crippen LogP contribution in [0.5, 0.6) is 0 Å². The fourth-order valence-electron chi connectivity index (χ4n) is 3.72. The summed E-state index contributed by atoms with van der Waals surface area (Å²) in [5.74, 6) is 1.55. The van der Waals surface area contributed by atoms with Crippen LogP contribution < -0.4 is 0 Å². The van der Waals surface area contributed by atoms with Gasteiger partial charge in [-0.05, 0) is 31.2 Å². The minimum atomic E-state index is 0.714. The Morgan fingerprint density at radius 2 is 1.80 bits per heavy atom. The average Bonchev–Trinajstić information content (AvgIpc) is 3.23. The van der Waals surface area contributed by atoms with Crippen molar-refractivity contribution in [2.75, 3.05) is 6.54 Å². The Balaban J connectivity index is 1.28. The lowest BCUT2D eigenvalue weighted by Crippen LogP contribution is -2.31. The summed E-state index contributed by atoms with van der Waals surface area (Å²) in [5.41, 5.74) is 6.48. The third-order valence-electron chi connectivity index (χ3n) is 5.40. The van der Waals surface area contributed by atoms with Crippen LogP contribution in [0.25, 0.3) is 22.7 Å². The van der Waals surface area contributed by atoms with E-state index in [4.69, 9.17) is 21.1 Å². The van der Waals surface area contributed by atoms with Crippen molar-refractivity contribution in [3.63, 3.8) is 0 Å². The zero-order chi connectivity index (χ0) is 20.5. The number of halogens is 1. The monoisotopic (exact) mass is 416 g/mol. The van der Waals surface area contributed by atoms with E-state index in [1.807, 2.05) is 36.5 Å². The van der Waals surface area contributed by atoms with Crippen LogP contribution in [0.3, 0.4) is 0 Å². The summed E-state index contributed by atoms with van der Waals surface area (Å²) < 4.78 is 5.56. The van der Waals surface area contributed by atoms with Gasteiger partial charge >= 0.3 is 0 Å². The van der Waals surface area contributed by atoms with Crippen LogP contribution in [0.1, 0.15) is 22.5 Å². The zero-order valence-electron chi connectivity index (χ0n) is 16.7. The number of benzene rings is 2. The van der Waals surface area contributed by atoms with Gasteiger partial charge < -0.3 is 4.52 Å². The second-order valence-corrected chi connectivity index (χ2v) is 8.12. The van der Waals surface area contributed by atoms with Crippen molar-refractivity contribution in [3.05, 3.63) is 88.3 Å². The molecule has 2 aromatic carbocycles. The molecule has 2 aromatic heterocycles. The van der Waals surface area contributed by atoms with Crippen LogP contribution in [0, 0.1) is 6.92 Å². The van der Waals surface area contributed by atoms with Crippen molar-refractivity contribution in [2.24, 2.45) is 0 Å². The van der Waals surface area contributed by atoms with E-state index < -0.39 is 0 Å². The summed E-state index contributed by atoms with van der Waals surface area (Å²) in [7, 11) is 0. The van der Waals surface area contributed by atoms with E-state index in [1.165, 1.54) is 11.1 Å². The molecule has 0 saturated heterocycles. The maximum atomic E-state index is 5.98. The molecule has 0 N–H and O–H groups in total. The van der Waals surface area contributed by atoms with Gasteiger partial charge in [-0.2, -0.15) is 0 Å². The van der Waals surface area contributed by atoms with Crippen LogP contribution in [0.2, 0.25) is 5.02 Å². The van der Waals surface area contributed by atoms with E-state index in [0.29, 0.717) is 5.02 Å². The summed E-state index contributed by atoms with van der Waals surface area (Å²) >= 11 is 5.98. The van der Waals surface area contributed by atoms with Crippen molar-refractivity contribution in [1.29, 1.82) is 0 Å². The number of fused-ring (bicyclic) bond motifs is 1. The van der Waals surface area contributed by atoms with Crippen molar-refractivity contribution in [2.45, 2.75) is 26.4 Å². The third kappa shape index (κ3) is 3.99. The number of aryl methyl sites for hydroxylation is 1. The lowest BCUT2D eigenvalue weighted by atomic mass is 10.1. The number of nitrogens with zero attached hydrogens (tertiary/aromatic N) is 4. The van der Waals surface area contributed by atoms with Crippen LogP contribution >= 0.6 is 11.6 Å². The van der Waals surface area contributed by atoms with Crippen molar-refractivity contribution >= 4 is 11.6 Å². The molecule has 0 radical (unpaired) electrons. The minimum Gasteiger partial charge on any atom is -0.356 e. The van der Waals surface area contributed by atoms with Crippen molar-refractivity contribution in [3.8, 4) is 22.7 Å². The van der Waals surface area contributed by atoms with Gasteiger partial charge in [-0.15, -0.1) is 0 Å². The molecule has 3 heterocycles. The maximum Gasteiger partial charge on any atom is 0.167 e. The highest BCUT2D eigenvalue weighted by Crippen LogP contribution is 2.25. The molecule has 4 aromatic rings. The highest BCUT2D eigenvalue weighted by molar-refractivity contribution is 6.30. The van der Waals surface area contributed by atoms with E-state index in [-0.39, 0.29) is 0 Å². The van der Waals surface area contributed by atoms with Gasteiger partial charge in [0, 0.05) is 60.0 Å². The largest absolute Gasteiger partial charge is 0.356 e.